The number of esters is 1. The highest BCUT2D eigenvalue weighted by Crippen LogP contribution is 2.26. The third-order valence-corrected chi connectivity index (χ3v) is 5.18. The Bertz CT molecular complexity index is 1030. The SMILES string of the molecule is CCOC(=O)c1ccccc1NC(=O)CSc1cc(C)c2cccc(C)c2n1. The first-order valence-electron chi connectivity index (χ1n) is 9.05. The summed E-state index contributed by atoms with van der Waals surface area (Å²) >= 11 is 1.37. The van der Waals surface area contributed by atoms with Gasteiger partial charge in [-0.15, -0.1) is 0 Å². The molecule has 0 aliphatic carbocycles. The van der Waals surface area contributed by atoms with Gasteiger partial charge in [0.2, 0.25) is 5.91 Å². The van der Waals surface area contributed by atoms with Crippen molar-refractivity contribution < 1.29 is 14.3 Å². The van der Waals surface area contributed by atoms with Crippen LogP contribution in [0.4, 0.5) is 5.69 Å². The van der Waals surface area contributed by atoms with Gasteiger partial charge in [-0.2, -0.15) is 0 Å². The van der Waals surface area contributed by atoms with Gasteiger partial charge in [0.25, 0.3) is 0 Å². The highest BCUT2D eigenvalue weighted by atomic mass is 32.2. The highest BCUT2D eigenvalue weighted by molar-refractivity contribution is 7.99. The van der Waals surface area contributed by atoms with Gasteiger partial charge in [-0.1, -0.05) is 42.1 Å². The van der Waals surface area contributed by atoms with Gasteiger partial charge < -0.3 is 10.1 Å². The summed E-state index contributed by atoms with van der Waals surface area (Å²) in [7, 11) is 0. The topological polar surface area (TPSA) is 68.3 Å². The van der Waals surface area contributed by atoms with E-state index in [0.29, 0.717) is 11.3 Å². The van der Waals surface area contributed by atoms with E-state index in [2.05, 4.69) is 11.4 Å². The fourth-order valence-corrected chi connectivity index (χ4v) is 3.68. The number of hydrogen-bond acceptors (Lipinski definition) is 5. The molecule has 28 heavy (non-hydrogen) atoms. The Morgan fingerprint density at radius 1 is 1.07 bits per heavy atom. The number of nitrogens with zero attached hydrogens (tertiary/aromatic N) is 1. The molecule has 0 atom stereocenters. The van der Waals surface area contributed by atoms with Gasteiger partial charge in [-0.25, -0.2) is 9.78 Å². The van der Waals surface area contributed by atoms with Crippen molar-refractivity contribution in [2.24, 2.45) is 0 Å². The molecule has 0 fully saturated rings. The van der Waals surface area contributed by atoms with Crippen LogP contribution < -0.4 is 5.32 Å². The van der Waals surface area contributed by atoms with Crippen LogP contribution in [0, 0.1) is 13.8 Å². The summed E-state index contributed by atoms with van der Waals surface area (Å²) in [5.74, 6) is -0.458. The summed E-state index contributed by atoms with van der Waals surface area (Å²) in [4.78, 5) is 29.1. The third kappa shape index (κ3) is 4.51. The van der Waals surface area contributed by atoms with Crippen LogP contribution in [-0.4, -0.2) is 29.2 Å². The van der Waals surface area contributed by atoms with Crippen LogP contribution in [0.3, 0.4) is 0 Å². The number of amides is 1. The summed E-state index contributed by atoms with van der Waals surface area (Å²) in [5.41, 5.74) is 3.99. The molecule has 1 aromatic heterocycles. The van der Waals surface area contributed by atoms with Gasteiger partial charge >= 0.3 is 5.97 Å². The quantitative estimate of drug-likeness (QED) is 0.482. The van der Waals surface area contributed by atoms with Crippen LogP contribution >= 0.6 is 11.8 Å². The van der Waals surface area contributed by atoms with Gasteiger partial charge in [-0.3, -0.25) is 4.79 Å². The molecule has 2 aromatic carbocycles. The second-order valence-electron chi connectivity index (χ2n) is 6.35. The number of fused-ring (bicyclic) bond motifs is 1. The van der Waals surface area contributed by atoms with E-state index >= 15 is 0 Å². The molecule has 0 bridgehead atoms. The van der Waals surface area contributed by atoms with Crippen molar-refractivity contribution in [1.82, 2.24) is 4.98 Å². The summed E-state index contributed by atoms with van der Waals surface area (Å²) in [6.45, 7) is 6.10. The third-order valence-electron chi connectivity index (χ3n) is 4.27. The Hall–Kier alpha value is -2.86. The first-order chi connectivity index (χ1) is 13.5. The van der Waals surface area contributed by atoms with Crippen molar-refractivity contribution in [1.29, 1.82) is 0 Å². The fraction of sp³-hybridized carbons (Fsp3) is 0.227. The van der Waals surface area contributed by atoms with Crippen LogP contribution in [0.2, 0.25) is 0 Å². The van der Waals surface area contributed by atoms with E-state index in [1.165, 1.54) is 11.8 Å². The molecule has 0 radical (unpaired) electrons. The number of para-hydroxylation sites is 2. The van der Waals surface area contributed by atoms with Crippen LogP contribution in [0.15, 0.2) is 53.6 Å². The number of nitrogens with one attached hydrogen (secondary N) is 1. The number of carbonyl (C=O) groups excluding carboxylic acids is 2. The predicted molar refractivity (Wildman–Crippen MR) is 113 cm³/mol. The number of aromatic nitrogens is 1. The Morgan fingerprint density at radius 3 is 2.64 bits per heavy atom. The van der Waals surface area contributed by atoms with Crippen molar-refractivity contribution in [3.63, 3.8) is 0 Å². The number of thioether (sulfide) groups is 1. The first kappa shape index (κ1) is 19.9. The number of aryl methyl sites for hydroxylation is 2. The van der Waals surface area contributed by atoms with Gasteiger partial charge in [0.1, 0.15) is 0 Å². The summed E-state index contributed by atoms with van der Waals surface area (Å²) < 4.78 is 5.04. The molecule has 1 amide bonds. The summed E-state index contributed by atoms with van der Waals surface area (Å²) in [6, 6.07) is 14.9. The van der Waals surface area contributed by atoms with Crippen LogP contribution in [-0.2, 0) is 9.53 Å². The molecule has 0 spiro atoms. The lowest BCUT2D eigenvalue weighted by atomic mass is 10.1. The molecule has 1 heterocycles. The fourth-order valence-electron chi connectivity index (χ4n) is 2.91. The van der Waals surface area contributed by atoms with Crippen molar-refractivity contribution in [3.8, 4) is 0 Å². The van der Waals surface area contributed by atoms with Gasteiger partial charge in [0.15, 0.2) is 0 Å². The minimum absolute atomic E-state index is 0.195. The number of rotatable bonds is 6. The molecular formula is C22H22N2O3S. The molecule has 1 N–H and O–H groups in total. The highest BCUT2D eigenvalue weighted by Gasteiger charge is 2.14. The largest absolute Gasteiger partial charge is 0.462 e. The molecule has 3 rings (SSSR count). The smallest absolute Gasteiger partial charge is 0.340 e. The Morgan fingerprint density at radius 2 is 1.86 bits per heavy atom. The van der Waals surface area contributed by atoms with E-state index in [4.69, 9.17) is 9.72 Å². The minimum Gasteiger partial charge on any atom is -0.462 e. The number of pyridine rings is 1. The minimum atomic E-state index is -0.451. The first-order valence-corrected chi connectivity index (χ1v) is 10.0. The number of ether oxygens (including phenoxy) is 1. The average Bonchev–Trinajstić information content (AvgIpc) is 2.68. The van der Waals surface area contributed by atoms with Crippen molar-refractivity contribution in [2.75, 3.05) is 17.7 Å². The molecular weight excluding hydrogens is 372 g/mol. The van der Waals surface area contributed by atoms with E-state index in [1.54, 1.807) is 31.2 Å². The number of hydrogen-bond donors (Lipinski definition) is 1. The number of benzene rings is 2. The molecule has 0 saturated heterocycles. The van der Waals surface area contributed by atoms with Crippen molar-refractivity contribution in [2.45, 2.75) is 25.8 Å². The molecule has 144 valence electrons. The van der Waals surface area contributed by atoms with E-state index in [1.807, 2.05) is 32.0 Å². The standard InChI is InChI=1S/C22H22N2O3S/c1-4-27-22(26)17-9-5-6-11-18(17)23-19(25)13-28-20-12-15(3)16-10-7-8-14(2)21(16)24-20/h5-12H,4,13H2,1-3H3,(H,23,25). The van der Waals surface area contributed by atoms with E-state index < -0.39 is 5.97 Å². The predicted octanol–water partition coefficient (Wildman–Crippen LogP) is 4.76. The Balaban J connectivity index is 1.71. The molecule has 6 heteroatoms. The van der Waals surface area contributed by atoms with E-state index in [0.717, 1.165) is 27.1 Å². The van der Waals surface area contributed by atoms with Crippen molar-refractivity contribution >= 4 is 40.2 Å². The Labute approximate surface area is 168 Å². The second-order valence-corrected chi connectivity index (χ2v) is 7.35. The van der Waals surface area contributed by atoms with Crippen LogP contribution in [0.25, 0.3) is 10.9 Å². The lowest BCUT2D eigenvalue weighted by Gasteiger charge is -2.11. The lowest BCUT2D eigenvalue weighted by Crippen LogP contribution is -2.17. The molecule has 0 unspecified atom stereocenters. The van der Waals surface area contributed by atoms with Crippen molar-refractivity contribution in [3.05, 3.63) is 65.2 Å². The maximum absolute atomic E-state index is 12.4. The molecule has 0 aliphatic rings. The molecule has 0 aliphatic heterocycles. The maximum Gasteiger partial charge on any atom is 0.340 e. The Kier molecular flexibility index (Phi) is 6.31. The van der Waals surface area contributed by atoms with Crippen LogP contribution in [0.5, 0.6) is 0 Å². The number of anilines is 1. The van der Waals surface area contributed by atoms with E-state index in [-0.39, 0.29) is 18.3 Å². The maximum atomic E-state index is 12.4. The zero-order valence-corrected chi connectivity index (χ0v) is 16.9. The molecule has 3 aromatic rings. The zero-order chi connectivity index (χ0) is 20.1. The van der Waals surface area contributed by atoms with Crippen LogP contribution in [0.1, 0.15) is 28.4 Å². The molecule has 5 nitrogen and oxygen atoms in total. The summed E-state index contributed by atoms with van der Waals surface area (Å²) in [6.07, 6.45) is 0. The molecule has 0 saturated carbocycles. The van der Waals surface area contributed by atoms with Gasteiger partial charge in [-0.05, 0) is 50.1 Å². The monoisotopic (exact) mass is 394 g/mol. The lowest BCUT2D eigenvalue weighted by molar-refractivity contribution is -0.113. The zero-order valence-electron chi connectivity index (χ0n) is 16.1. The van der Waals surface area contributed by atoms with Gasteiger partial charge in [0.05, 0.1) is 34.2 Å². The van der Waals surface area contributed by atoms with Gasteiger partial charge in [0, 0.05) is 5.39 Å². The summed E-state index contributed by atoms with van der Waals surface area (Å²) in [5, 5.41) is 4.72. The number of carbonyl (C=O) groups is 2. The van der Waals surface area contributed by atoms with E-state index in [9.17, 15) is 9.59 Å². The normalized spacial score (nSPS) is 10.7. The average molecular weight is 394 g/mol. The second kappa shape index (κ2) is 8.89.